The number of methoxy groups -OCH3 is 1. The van der Waals surface area contributed by atoms with Crippen molar-refractivity contribution in [2.24, 2.45) is 0 Å². The van der Waals surface area contributed by atoms with Gasteiger partial charge in [0.1, 0.15) is 5.75 Å². The van der Waals surface area contributed by atoms with Crippen LogP contribution >= 0.6 is 39.1 Å². The molecular formula is C16H16BrCl2NO. The Bertz CT molecular complexity index is 634. The number of halogens is 3. The van der Waals surface area contributed by atoms with E-state index < -0.39 is 0 Å². The maximum Gasteiger partial charge on any atom is 0.122 e. The van der Waals surface area contributed by atoms with Crippen molar-refractivity contribution in [2.45, 2.75) is 19.4 Å². The average molecular weight is 389 g/mol. The highest BCUT2D eigenvalue weighted by Crippen LogP contribution is 2.31. The number of nitrogens with one attached hydrogen (secondary N) is 1. The lowest BCUT2D eigenvalue weighted by atomic mass is 10.0. The van der Waals surface area contributed by atoms with Gasteiger partial charge in [-0.05, 0) is 36.2 Å². The molecule has 2 aromatic rings. The van der Waals surface area contributed by atoms with Crippen LogP contribution in [0.3, 0.4) is 0 Å². The molecule has 0 aliphatic heterocycles. The minimum atomic E-state index is 0.152. The Morgan fingerprint density at radius 2 is 1.90 bits per heavy atom. The molecule has 5 heteroatoms. The van der Waals surface area contributed by atoms with E-state index in [0.717, 1.165) is 27.9 Å². The average Bonchev–Trinajstić information content (AvgIpc) is 2.47. The van der Waals surface area contributed by atoms with Gasteiger partial charge in [-0.1, -0.05) is 52.1 Å². The Kier molecular flexibility index (Phi) is 5.80. The molecule has 2 rings (SSSR count). The Balaban J connectivity index is 2.26. The minimum absolute atomic E-state index is 0.152. The zero-order valence-electron chi connectivity index (χ0n) is 11.8. The number of hydrogen-bond donors (Lipinski definition) is 1. The molecule has 0 fully saturated rings. The van der Waals surface area contributed by atoms with Crippen molar-refractivity contribution < 1.29 is 4.74 Å². The molecule has 0 aliphatic rings. The van der Waals surface area contributed by atoms with Crippen molar-refractivity contribution in [1.82, 2.24) is 0 Å². The summed E-state index contributed by atoms with van der Waals surface area (Å²) >= 11 is 15.6. The lowest BCUT2D eigenvalue weighted by Gasteiger charge is -2.20. The van der Waals surface area contributed by atoms with E-state index in [4.69, 9.17) is 27.9 Å². The van der Waals surface area contributed by atoms with Gasteiger partial charge in [0, 0.05) is 16.2 Å². The summed E-state index contributed by atoms with van der Waals surface area (Å²) in [6, 6.07) is 11.8. The zero-order chi connectivity index (χ0) is 15.4. The van der Waals surface area contributed by atoms with E-state index >= 15 is 0 Å². The second kappa shape index (κ2) is 7.39. The largest absolute Gasteiger partial charge is 0.497 e. The van der Waals surface area contributed by atoms with E-state index in [1.165, 1.54) is 0 Å². The van der Waals surface area contributed by atoms with Crippen molar-refractivity contribution in [2.75, 3.05) is 12.4 Å². The highest BCUT2D eigenvalue weighted by atomic mass is 79.9. The molecule has 0 saturated heterocycles. The molecule has 1 atom stereocenters. The smallest absolute Gasteiger partial charge is 0.122 e. The highest BCUT2D eigenvalue weighted by molar-refractivity contribution is 9.10. The number of hydrogen-bond acceptors (Lipinski definition) is 2. The summed E-state index contributed by atoms with van der Waals surface area (Å²) in [5.41, 5.74) is 2.09. The number of benzene rings is 2. The van der Waals surface area contributed by atoms with Crippen LogP contribution in [-0.2, 0) is 0 Å². The predicted octanol–water partition coefficient (Wildman–Crippen LogP) is 6.33. The molecule has 0 aromatic heterocycles. The second-order valence-electron chi connectivity index (χ2n) is 4.66. The third-order valence-corrected chi connectivity index (χ3v) is 4.40. The standard InChI is InChI=1S/C16H16BrCl2NO/c1-3-16(10-4-5-14(18)15(19)6-10)20-12-7-11(17)8-13(9-12)21-2/h4-9,16,20H,3H2,1-2H3. The third kappa shape index (κ3) is 4.29. The molecule has 0 saturated carbocycles. The third-order valence-electron chi connectivity index (χ3n) is 3.20. The van der Waals surface area contributed by atoms with Gasteiger partial charge >= 0.3 is 0 Å². The van der Waals surface area contributed by atoms with Gasteiger partial charge in [0.15, 0.2) is 0 Å². The molecule has 0 amide bonds. The van der Waals surface area contributed by atoms with Crippen molar-refractivity contribution in [1.29, 1.82) is 0 Å². The van der Waals surface area contributed by atoms with Gasteiger partial charge in [-0.2, -0.15) is 0 Å². The first-order chi connectivity index (χ1) is 10.0. The molecule has 0 bridgehead atoms. The van der Waals surface area contributed by atoms with Crippen LogP contribution in [0.5, 0.6) is 5.75 Å². The SMILES string of the molecule is CCC(Nc1cc(Br)cc(OC)c1)c1ccc(Cl)c(Cl)c1. The Morgan fingerprint density at radius 1 is 1.14 bits per heavy atom. The summed E-state index contributed by atoms with van der Waals surface area (Å²) < 4.78 is 6.25. The zero-order valence-corrected chi connectivity index (χ0v) is 14.9. The fraction of sp³-hybridized carbons (Fsp3) is 0.250. The summed E-state index contributed by atoms with van der Waals surface area (Å²) in [6.45, 7) is 2.12. The van der Waals surface area contributed by atoms with Crippen molar-refractivity contribution in [3.05, 3.63) is 56.5 Å². The Labute approximate surface area is 143 Å². The fourth-order valence-corrected chi connectivity index (χ4v) is 2.89. The first-order valence-corrected chi connectivity index (χ1v) is 8.14. The van der Waals surface area contributed by atoms with Gasteiger partial charge in [0.25, 0.3) is 0 Å². The van der Waals surface area contributed by atoms with Crippen LogP contribution in [0, 0.1) is 0 Å². The highest BCUT2D eigenvalue weighted by Gasteiger charge is 2.12. The number of ether oxygens (including phenoxy) is 1. The summed E-state index contributed by atoms with van der Waals surface area (Å²) in [4.78, 5) is 0. The molecule has 0 spiro atoms. The lowest BCUT2D eigenvalue weighted by Crippen LogP contribution is -2.09. The summed E-state index contributed by atoms with van der Waals surface area (Å²) in [5.74, 6) is 0.802. The van der Waals surface area contributed by atoms with Crippen LogP contribution in [0.15, 0.2) is 40.9 Å². The van der Waals surface area contributed by atoms with Crippen LogP contribution in [0.25, 0.3) is 0 Å². The van der Waals surface area contributed by atoms with Crippen LogP contribution in [0.2, 0.25) is 10.0 Å². The monoisotopic (exact) mass is 387 g/mol. The maximum atomic E-state index is 6.10. The summed E-state index contributed by atoms with van der Waals surface area (Å²) in [5, 5.41) is 4.63. The van der Waals surface area contributed by atoms with Crippen molar-refractivity contribution in [3.8, 4) is 5.75 Å². The minimum Gasteiger partial charge on any atom is -0.497 e. The molecule has 0 heterocycles. The van der Waals surface area contributed by atoms with E-state index in [2.05, 4.69) is 28.2 Å². The molecule has 2 aromatic carbocycles. The van der Waals surface area contributed by atoms with Gasteiger partial charge < -0.3 is 10.1 Å². The Morgan fingerprint density at radius 3 is 2.52 bits per heavy atom. The second-order valence-corrected chi connectivity index (χ2v) is 6.39. The number of rotatable bonds is 5. The van der Waals surface area contributed by atoms with E-state index in [-0.39, 0.29) is 6.04 Å². The quantitative estimate of drug-likeness (QED) is 0.646. The van der Waals surface area contributed by atoms with Gasteiger partial charge in [-0.25, -0.2) is 0 Å². The lowest BCUT2D eigenvalue weighted by molar-refractivity contribution is 0.414. The summed E-state index contributed by atoms with van der Waals surface area (Å²) in [7, 11) is 1.65. The van der Waals surface area contributed by atoms with Crippen molar-refractivity contribution in [3.63, 3.8) is 0 Å². The first kappa shape index (κ1) is 16.5. The van der Waals surface area contributed by atoms with Crippen LogP contribution in [0.4, 0.5) is 5.69 Å². The Hall–Kier alpha value is -0.900. The van der Waals surface area contributed by atoms with Crippen molar-refractivity contribution >= 4 is 44.8 Å². The molecule has 1 N–H and O–H groups in total. The maximum absolute atomic E-state index is 6.10. The molecule has 0 radical (unpaired) electrons. The fourth-order valence-electron chi connectivity index (χ4n) is 2.12. The molecule has 1 unspecified atom stereocenters. The molecule has 0 aliphatic carbocycles. The predicted molar refractivity (Wildman–Crippen MR) is 93.8 cm³/mol. The van der Waals surface area contributed by atoms with E-state index in [1.54, 1.807) is 7.11 Å². The normalized spacial score (nSPS) is 12.0. The molecule has 112 valence electrons. The van der Waals surface area contributed by atoms with Gasteiger partial charge in [0.2, 0.25) is 0 Å². The first-order valence-electron chi connectivity index (χ1n) is 6.59. The van der Waals surface area contributed by atoms with Gasteiger partial charge in [-0.3, -0.25) is 0 Å². The van der Waals surface area contributed by atoms with E-state index in [1.807, 2.05) is 36.4 Å². The van der Waals surface area contributed by atoms with Crippen LogP contribution in [-0.4, -0.2) is 7.11 Å². The van der Waals surface area contributed by atoms with E-state index in [9.17, 15) is 0 Å². The van der Waals surface area contributed by atoms with Gasteiger partial charge in [-0.15, -0.1) is 0 Å². The number of anilines is 1. The summed E-state index contributed by atoms with van der Waals surface area (Å²) in [6.07, 6.45) is 0.923. The molecule has 2 nitrogen and oxygen atoms in total. The van der Waals surface area contributed by atoms with E-state index in [0.29, 0.717) is 10.0 Å². The molecular weight excluding hydrogens is 373 g/mol. The van der Waals surface area contributed by atoms with Crippen LogP contribution in [0.1, 0.15) is 24.9 Å². The topological polar surface area (TPSA) is 21.3 Å². The van der Waals surface area contributed by atoms with Crippen LogP contribution < -0.4 is 10.1 Å². The molecule has 21 heavy (non-hydrogen) atoms. The van der Waals surface area contributed by atoms with Gasteiger partial charge in [0.05, 0.1) is 23.2 Å².